The zero-order valence-electron chi connectivity index (χ0n) is 18.1. The second-order valence-electron chi connectivity index (χ2n) is 8.23. The number of piperidine rings is 1. The van der Waals surface area contributed by atoms with Crippen LogP contribution < -0.4 is 10.3 Å². The third-order valence-corrected chi connectivity index (χ3v) is 7.98. The van der Waals surface area contributed by atoms with Gasteiger partial charge in [-0.2, -0.15) is 0 Å². The summed E-state index contributed by atoms with van der Waals surface area (Å²) in [6.07, 6.45) is 4.54. The van der Waals surface area contributed by atoms with Gasteiger partial charge in [0.05, 0.1) is 21.5 Å². The Morgan fingerprint density at radius 3 is 2.35 bits per heavy atom. The maximum absolute atomic E-state index is 15.0. The van der Waals surface area contributed by atoms with E-state index in [0.29, 0.717) is 17.7 Å². The molecule has 0 aliphatic carbocycles. The van der Waals surface area contributed by atoms with Gasteiger partial charge in [0, 0.05) is 25.8 Å². The number of rotatable bonds is 4. The molecule has 1 saturated heterocycles. The number of hydrogen-bond donors (Lipinski definition) is 0. The van der Waals surface area contributed by atoms with Crippen LogP contribution in [0, 0.1) is 19.7 Å². The van der Waals surface area contributed by atoms with Gasteiger partial charge < -0.3 is 9.47 Å². The summed E-state index contributed by atoms with van der Waals surface area (Å²) in [5.41, 5.74) is 2.15. The average Bonchev–Trinajstić information content (AvgIpc) is 2.76. The smallest absolute Gasteiger partial charge is 0.211 e. The Hall–Kier alpha value is -2.67. The molecule has 31 heavy (non-hydrogen) atoms. The summed E-state index contributed by atoms with van der Waals surface area (Å²) in [7, 11) is -4.04. The van der Waals surface area contributed by atoms with Gasteiger partial charge in [-0.3, -0.25) is 4.79 Å². The molecule has 1 aliphatic rings. The highest BCUT2D eigenvalue weighted by Crippen LogP contribution is 2.29. The normalized spacial score (nSPS) is 14.9. The summed E-state index contributed by atoms with van der Waals surface area (Å²) in [5.74, 6) is -0.491. The van der Waals surface area contributed by atoms with E-state index in [2.05, 4.69) is 0 Å². The second-order valence-corrected chi connectivity index (χ2v) is 10.1. The van der Waals surface area contributed by atoms with E-state index < -0.39 is 21.1 Å². The first-order valence-corrected chi connectivity index (χ1v) is 12.2. The number of pyridine rings is 1. The van der Waals surface area contributed by atoms with Gasteiger partial charge in [-0.1, -0.05) is 6.07 Å². The number of sulfone groups is 1. The number of nitrogens with zero attached hydrogens (tertiary/aromatic N) is 2. The van der Waals surface area contributed by atoms with E-state index >= 15 is 4.39 Å². The largest absolute Gasteiger partial charge is 0.369 e. The lowest BCUT2D eigenvalue weighted by atomic mass is 10.1. The standard InChI is InChI=1S/C24H27FN2O3S/c1-4-26-15-23(31(29,30)18-9-8-16(2)17(3)12-18)24(28)19-13-20(25)22(14-21(19)26)27-10-6-5-7-11-27/h8-9,12-15H,4-7,10-11H2,1-3H3. The molecule has 1 aliphatic heterocycles. The molecule has 0 radical (unpaired) electrons. The fourth-order valence-electron chi connectivity index (χ4n) is 4.21. The number of benzene rings is 2. The molecule has 7 heteroatoms. The second kappa shape index (κ2) is 8.11. The number of aryl methyl sites for hydroxylation is 3. The molecule has 2 heterocycles. The van der Waals surface area contributed by atoms with Crippen LogP contribution in [0.4, 0.5) is 10.1 Å². The first-order valence-electron chi connectivity index (χ1n) is 10.7. The summed E-state index contributed by atoms with van der Waals surface area (Å²) in [4.78, 5) is 15.0. The van der Waals surface area contributed by atoms with Crippen LogP contribution in [0.15, 0.2) is 51.1 Å². The highest BCUT2D eigenvalue weighted by atomic mass is 32.2. The van der Waals surface area contributed by atoms with Crippen LogP contribution in [-0.2, 0) is 16.4 Å². The Morgan fingerprint density at radius 2 is 1.71 bits per heavy atom. The number of halogens is 1. The van der Waals surface area contributed by atoms with E-state index in [9.17, 15) is 13.2 Å². The zero-order valence-corrected chi connectivity index (χ0v) is 18.9. The average molecular weight is 443 g/mol. The van der Waals surface area contributed by atoms with Gasteiger partial charge in [0.1, 0.15) is 10.7 Å². The van der Waals surface area contributed by atoms with Gasteiger partial charge in [-0.25, -0.2) is 12.8 Å². The molecule has 1 fully saturated rings. The molecular weight excluding hydrogens is 415 g/mol. The molecule has 5 nitrogen and oxygen atoms in total. The van der Waals surface area contributed by atoms with Crippen LogP contribution in [0.25, 0.3) is 10.9 Å². The van der Waals surface area contributed by atoms with E-state index in [4.69, 9.17) is 0 Å². The SMILES string of the molecule is CCn1cc(S(=O)(=O)c2ccc(C)c(C)c2)c(=O)c2cc(F)c(N3CCCCC3)cc21. The minimum atomic E-state index is -4.04. The lowest BCUT2D eigenvalue weighted by Gasteiger charge is -2.29. The van der Waals surface area contributed by atoms with Gasteiger partial charge >= 0.3 is 0 Å². The minimum absolute atomic E-state index is 0.0695. The van der Waals surface area contributed by atoms with Crippen LogP contribution >= 0.6 is 0 Å². The van der Waals surface area contributed by atoms with Crippen molar-refractivity contribution in [3.63, 3.8) is 0 Å². The molecule has 0 N–H and O–H groups in total. The van der Waals surface area contributed by atoms with Crippen molar-refractivity contribution in [2.24, 2.45) is 0 Å². The lowest BCUT2D eigenvalue weighted by molar-refractivity contribution is 0.557. The van der Waals surface area contributed by atoms with E-state index in [1.54, 1.807) is 22.8 Å². The summed E-state index contributed by atoms with van der Waals surface area (Å²) in [5, 5.41) is 0.0880. The van der Waals surface area contributed by atoms with Crippen LogP contribution in [0.1, 0.15) is 37.3 Å². The van der Waals surface area contributed by atoms with E-state index in [0.717, 1.165) is 43.5 Å². The Balaban J connectivity index is 1.93. The maximum atomic E-state index is 15.0. The van der Waals surface area contributed by atoms with Gasteiger partial charge in [0.15, 0.2) is 0 Å². The molecule has 0 spiro atoms. The maximum Gasteiger partial charge on any atom is 0.211 e. The van der Waals surface area contributed by atoms with Gasteiger partial charge in [-0.15, -0.1) is 0 Å². The molecule has 0 amide bonds. The first-order chi connectivity index (χ1) is 14.7. The summed E-state index contributed by atoms with van der Waals surface area (Å²) in [6.45, 7) is 7.61. The van der Waals surface area contributed by atoms with Crippen LogP contribution in [-0.4, -0.2) is 26.1 Å². The molecule has 0 bridgehead atoms. The summed E-state index contributed by atoms with van der Waals surface area (Å²) >= 11 is 0. The number of hydrogen-bond acceptors (Lipinski definition) is 4. The summed E-state index contributed by atoms with van der Waals surface area (Å²) < 4.78 is 43.4. The Bertz CT molecular complexity index is 1320. The monoisotopic (exact) mass is 442 g/mol. The molecule has 1 aromatic heterocycles. The fraction of sp³-hybridized carbons (Fsp3) is 0.375. The van der Waals surface area contributed by atoms with Crippen molar-refractivity contribution in [2.75, 3.05) is 18.0 Å². The minimum Gasteiger partial charge on any atom is -0.369 e. The third-order valence-electron chi connectivity index (χ3n) is 6.23. The molecule has 2 aromatic carbocycles. The van der Waals surface area contributed by atoms with Crippen molar-refractivity contribution < 1.29 is 12.8 Å². The number of anilines is 1. The van der Waals surface area contributed by atoms with E-state index in [1.165, 1.54) is 18.3 Å². The predicted octanol–water partition coefficient (Wildman–Crippen LogP) is 4.60. The molecule has 0 atom stereocenters. The number of fused-ring (bicyclic) bond motifs is 1. The highest BCUT2D eigenvalue weighted by Gasteiger charge is 2.25. The van der Waals surface area contributed by atoms with E-state index in [1.807, 2.05) is 25.7 Å². The molecule has 0 saturated carbocycles. The van der Waals surface area contributed by atoms with Crippen LogP contribution in [0.2, 0.25) is 0 Å². The van der Waals surface area contributed by atoms with Crippen LogP contribution in [0.3, 0.4) is 0 Å². The third kappa shape index (κ3) is 3.76. The highest BCUT2D eigenvalue weighted by molar-refractivity contribution is 7.91. The molecule has 3 aromatic rings. The first kappa shape index (κ1) is 21.6. The van der Waals surface area contributed by atoms with Crippen molar-refractivity contribution in [2.45, 2.75) is 56.4 Å². The van der Waals surface area contributed by atoms with Crippen molar-refractivity contribution >= 4 is 26.4 Å². The van der Waals surface area contributed by atoms with Crippen molar-refractivity contribution in [3.8, 4) is 0 Å². The van der Waals surface area contributed by atoms with Gasteiger partial charge in [-0.05, 0) is 75.4 Å². The molecule has 4 rings (SSSR count). The topological polar surface area (TPSA) is 59.4 Å². The van der Waals surface area contributed by atoms with Crippen molar-refractivity contribution in [1.82, 2.24) is 4.57 Å². The Labute approximate surface area is 182 Å². The van der Waals surface area contributed by atoms with Crippen molar-refractivity contribution in [3.05, 3.63) is 63.7 Å². The predicted molar refractivity (Wildman–Crippen MR) is 121 cm³/mol. The quantitative estimate of drug-likeness (QED) is 0.593. The fourth-order valence-corrected chi connectivity index (χ4v) is 5.66. The van der Waals surface area contributed by atoms with Gasteiger partial charge in [0.2, 0.25) is 15.3 Å². The lowest BCUT2D eigenvalue weighted by Crippen LogP contribution is -2.30. The Morgan fingerprint density at radius 1 is 1.00 bits per heavy atom. The van der Waals surface area contributed by atoms with E-state index in [-0.39, 0.29) is 15.2 Å². The zero-order chi connectivity index (χ0) is 22.3. The van der Waals surface area contributed by atoms with Crippen molar-refractivity contribution in [1.29, 1.82) is 0 Å². The molecular formula is C24H27FN2O3S. The molecule has 164 valence electrons. The summed E-state index contributed by atoms with van der Waals surface area (Å²) in [6, 6.07) is 7.70. The molecule has 0 unspecified atom stereocenters. The Kier molecular flexibility index (Phi) is 5.64. The number of aromatic nitrogens is 1. The van der Waals surface area contributed by atoms with Crippen LogP contribution in [0.5, 0.6) is 0 Å². The van der Waals surface area contributed by atoms with Gasteiger partial charge in [0.25, 0.3) is 0 Å².